The highest BCUT2D eigenvalue weighted by atomic mass is 16.5. The first-order valence-corrected chi connectivity index (χ1v) is 6.61. The summed E-state index contributed by atoms with van der Waals surface area (Å²) in [6, 6.07) is 3.88. The summed E-state index contributed by atoms with van der Waals surface area (Å²) < 4.78 is 10.7. The third kappa shape index (κ3) is 3.77. The Kier molecular flexibility index (Phi) is 5.96. The van der Waals surface area contributed by atoms with Crippen LogP contribution < -0.4 is 14.4 Å². The first kappa shape index (κ1) is 15.6. The maximum Gasteiger partial charge on any atom is 0.146 e. The molecule has 0 radical (unpaired) electrons. The van der Waals surface area contributed by atoms with Crippen molar-refractivity contribution in [2.24, 2.45) is 5.92 Å². The second kappa shape index (κ2) is 7.24. The van der Waals surface area contributed by atoms with E-state index in [0.29, 0.717) is 0 Å². The van der Waals surface area contributed by atoms with Crippen molar-refractivity contribution in [3.8, 4) is 11.5 Å². The van der Waals surface area contributed by atoms with Gasteiger partial charge in [-0.1, -0.05) is 6.92 Å². The number of benzene rings is 1. The lowest BCUT2D eigenvalue weighted by molar-refractivity contribution is 0.225. The van der Waals surface area contributed by atoms with Gasteiger partial charge in [0.15, 0.2) is 0 Å². The smallest absolute Gasteiger partial charge is 0.146 e. The predicted octanol–water partition coefficient (Wildman–Crippen LogP) is 2.47. The molecule has 1 rings (SSSR count). The van der Waals surface area contributed by atoms with Crippen molar-refractivity contribution in [1.82, 2.24) is 0 Å². The van der Waals surface area contributed by atoms with Gasteiger partial charge >= 0.3 is 0 Å². The Labute approximate surface area is 115 Å². The number of ether oxygens (including phenoxy) is 2. The second-order valence-corrected chi connectivity index (χ2v) is 4.83. The Hall–Kier alpha value is -1.42. The molecule has 0 fully saturated rings. The minimum absolute atomic E-state index is 0.207. The number of aryl methyl sites for hydroxylation is 1. The summed E-state index contributed by atoms with van der Waals surface area (Å²) in [4.78, 5) is 2.14. The standard InChI is InChI=1S/C15H25NO3/c1-6-12(10-17)9-16(3)15-11(2)7-13(18-4)8-14(15)19-5/h7-8,12,17H,6,9-10H2,1-5H3. The van der Waals surface area contributed by atoms with Crippen molar-refractivity contribution in [3.63, 3.8) is 0 Å². The molecular weight excluding hydrogens is 242 g/mol. The summed E-state index contributed by atoms with van der Waals surface area (Å²) in [6.45, 7) is 5.14. The van der Waals surface area contributed by atoms with Crippen molar-refractivity contribution in [2.75, 3.05) is 39.3 Å². The quantitative estimate of drug-likeness (QED) is 0.824. The average Bonchev–Trinajstić information content (AvgIpc) is 2.43. The van der Waals surface area contributed by atoms with Crippen LogP contribution in [-0.4, -0.2) is 39.5 Å². The van der Waals surface area contributed by atoms with E-state index in [2.05, 4.69) is 11.8 Å². The van der Waals surface area contributed by atoms with Crippen LogP contribution in [0.2, 0.25) is 0 Å². The van der Waals surface area contributed by atoms with Gasteiger partial charge in [0, 0.05) is 26.3 Å². The summed E-state index contributed by atoms with van der Waals surface area (Å²) >= 11 is 0. The third-order valence-electron chi connectivity index (χ3n) is 3.44. The van der Waals surface area contributed by atoms with E-state index in [1.54, 1.807) is 14.2 Å². The van der Waals surface area contributed by atoms with Crippen LogP contribution in [0.5, 0.6) is 11.5 Å². The van der Waals surface area contributed by atoms with Crippen LogP contribution in [0.25, 0.3) is 0 Å². The minimum atomic E-state index is 0.207. The van der Waals surface area contributed by atoms with Crippen molar-refractivity contribution >= 4 is 5.69 Å². The lowest BCUT2D eigenvalue weighted by Crippen LogP contribution is -2.28. The Morgan fingerprint density at radius 3 is 2.42 bits per heavy atom. The zero-order valence-corrected chi connectivity index (χ0v) is 12.6. The molecule has 0 saturated carbocycles. The zero-order valence-electron chi connectivity index (χ0n) is 12.6. The topological polar surface area (TPSA) is 41.9 Å². The Bertz CT molecular complexity index is 403. The van der Waals surface area contributed by atoms with E-state index in [-0.39, 0.29) is 12.5 Å². The first-order valence-electron chi connectivity index (χ1n) is 6.61. The molecule has 0 aliphatic carbocycles. The van der Waals surface area contributed by atoms with Crippen LogP contribution in [-0.2, 0) is 0 Å². The molecule has 1 unspecified atom stereocenters. The predicted molar refractivity (Wildman–Crippen MR) is 78.4 cm³/mol. The molecule has 4 heteroatoms. The fraction of sp³-hybridized carbons (Fsp3) is 0.600. The Balaban J connectivity index is 3.04. The van der Waals surface area contributed by atoms with Crippen LogP contribution in [0.1, 0.15) is 18.9 Å². The molecule has 19 heavy (non-hydrogen) atoms. The minimum Gasteiger partial charge on any atom is -0.497 e. The number of nitrogens with zero attached hydrogens (tertiary/aromatic N) is 1. The SMILES string of the molecule is CCC(CO)CN(C)c1c(C)cc(OC)cc1OC. The van der Waals surface area contributed by atoms with Gasteiger partial charge in [0.05, 0.1) is 19.9 Å². The fourth-order valence-corrected chi connectivity index (χ4v) is 2.27. The van der Waals surface area contributed by atoms with E-state index >= 15 is 0 Å². The van der Waals surface area contributed by atoms with Gasteiger partial charge in [-0.3, -0.25) is 0 Å². The molecule has 0 heterocycles. The maximum absolute atomic E-state index is 9.32. The van der Waals surface area contributed by atoms with Crippen LogP contribution in [0.15, 0.2) is 12.1 Å². The first-order chi connectivity index (χ1) is 9.07. The van der Waals surface area contributed by atoms with Gasteiger partial charge in [0.2, 0.25) is 0 Å². The average molecular weight is 267 g/mol. The molecule has 0 amide bonds. The monoisotopic (exact) mass is 267 g/mol. The normalized spacial score (nSPS) is 12.1. The zero-order chi connectivity index (χ0) is 14.4. The number of anilines is 1. The van der Waals surface area contributed by atoms with E-state index < -0.39 is 0 Å². The van der Waals surface area contributed by atoms with Gasteiger partial charge in [-0.15, -0.1) is 0 Å². The summed E-state index contributed by atoms with van der Waals surface area (Å²) in [5.41, 5.74) is 2.15. The van der Waals surface area contributed by atoms with Crippen molar-refractivity contribution in [2.45, 2.75) is 20.3 Å². The lowest BCUT2D eigenvalue weighted by atomic mass is 10.1. The van der Waals surface area contributed by atoms with Gasteiger partial charge in [-0.25, -0.2) is 0 Å². The van der Waals surface area contributed by atoms with Crippen LogP contribution >= 0.6 is 0 Å². The Morgan fingerprint density at radius 2 is 1.95 bits per heavy atom. The van der Waals surface area contributed by atoms with Gasteiger partial charge in [-0.2, -0.15) is 0 Å². The van der Waals surface area contributed by atoms with Gasteiger partial charge < -0.3 is 19.5 Å². The van der Waals surface area contributed by atoms with Crippen molar-refractivity contribution in [1.29, 1.82) is 0 Å². The van der Waals surface area contributed by atoms with Crippen LogP contribution in [0, 0.1) is 12.8 Å². The van der Waals surface area contributed by atoms with E-state index in [1.165, 1.54) is 0 Å². The molecule has 0 saturated heterocycles. The number of aliphatic hydroxyl groups is 1. The fourth-order valence-electron chi connectivity index (χ4n) is 2.27. The molecule has 4 nitrogen and oxygen atoms in total. The molecule has 1 aromatic rings. The summed E-state index contributed by atoms with van der Waals surface area (Å²) in [6.07, 6.45) is 0.957. The van der Waals surface area contributed by atoms with Crippen LogP contribution in [0.3, 0.4) is 0 Å². The third-order valence-corrected chi connectivity index (χ3v) is 3.44. The van der Waals surface area contributed by atoms with E-state index in [9.17, 15) is 5.11 Å². The molecule has 0 spiro atoms. The number of rotatable bonds is 7. The highest BCUT2D eigenvalue weighted by Gasteiger charge is 2.16. The maximum atomic E-state index is 9.32. The molecule has 0 aliphatic heterocycles. The highest BCUT2D eigenvalue weighted by Crippen LogP contribution is 2.35. The Morgan fingerprint density at radius 1 is 1.26 bits per heavy atom. The summed E-state index contributed by atoms with van der Waals surface area (Å²) in [5.74, 6) is 1.86. The number of hydrogen-bond donors (Lipinski definition) is 1. The molecule has 1 atom stereocenters. The lowest BCUT2D eigenvalue weighted by Gasteiger charge is -2.27. The number of aliphatic hydroxyl groups excluding tert-OH is 1. The van der Waals surface area contributed by atoms with Crippen molar-refractivity contribution < 1.29 is 14.6 Å². The number of hydrogen-bond acceptors (Lipinski definition) is 4. The largest absolute Gasteiger partial charge is 0.497 e. The molecule has 1 aromatic carbocycles. The van der Waals surface area contributed by atoms with E-state index in [1.807, 2.05) is 26.1 Å². The van der Waals surface area contributed by atoms with Gasteiger partial charge in [0.1, 0.15) is 11.5 Å². The van der Waals surface area contributed by atoms with E-state index in [4.69, 9.17) is 9.47 Å². The van der Waals surface area contributed by atoms with Crippen LogP contribution in [0.4, 0.5) is 5.69 Å². The van der Waals surface area contributed by atoms with Crippen molar-refractivity contribution in [3.05, 3.63) is 17.7 Å². The van der Waals surface area contributed by atoms with Gasteiger partial charge in [-0.05, 0) is 30.9 Å². The second-order valence-electron chi connectivity index (χ2n) is 4.83. The summed E-state index contributed by atoms with van der Waals surface area (Å²) in [7, 11) is 5.33. The summed E-state index contributed by atoms with van der Waals surface area (Å²) in [5, 5.41) is 9.32. The molecule has 108 valence electrons. The molecule has 0 bridgehead atoms. The molecule has 0 aromatic heterocycles. The van der Waals surface area contributed by atoms with E-state index in [0.717, 1.165) is 35.7 Å². The molecular formula is C15H25NO3. The highest BCUT2D eigenvalue weighted by molar-refractivity contribution is 5.65. The van der Waals surface area contributed by atoms with Gasteiger partial charge in [0.25, 0.3) is 0 Å². The molecule has 1 N–H and O–H groups in total. The molecule has 0 aliphatic rings. The number of methoxy groups -OCH3 is 2.